The van der Waals surface area contributed by atoms with E-state index in [9.17, 15) is 22.8 Å². The lowest BCUT2D eigenvalue weighted by Gasteiger charge is -2.32. The van der Waals surface area contributed by atoms with Crippen LogP contribution in [0.15, 0.2) is 24.3 Å². The number of benzene rings is 1. The van der Waals surface area contributed by atoms with E-state index in [0.29, 0.717) is 31.0 Å². The van der Waals surface area contributed by atoms with Gasteiger partial charge in [-0.3, -0.25) is 9.59 Å². The number of aromatic nitrogens is 3. The number of hydrogen-bond acceptors (Lipinski definition) is 4. The van der Waals surface area contributed by atoms with Gasteiger partial charge in [0.2, 0.25) is 5.91 Å². The van der Waals surface area contributed by atoms with Crippen molar-refractivity contribution in [2.75, 3.05) is 13.1 Å². The Morgan fingerprint density at radius 3 is 2.64 bits per heavy atom. The number of nitrogens with zero attached hydrogens (tertiary/aromatic N) is 4. The molecule has 1 atom stereocenters. The Morgan fingerprint density at radius 2 is 2.00 bits per heavy atom. The average Bonchev–Trinajstić information content (AvgIpc) is 2.97. The minimum Gasteiger partial charge on any atom is -0.340 e. The molecular formula is C19H21F3N4O2. The number of rotatable bonds is 4. The van der Waals surface area contributed by atoms with E-state index in [0.717, 1.165) is 12.1 Å². The van der Waals surface area contributed by atoms with Crippen LogP contribution in [0.1, 0.15) is 40.4 Å². The quantitative estimate of drug-likeness (QED) is 0.748. The number of ketones is 1. The number of piperidine rings is 1. The van der Waals surface area contributed by atoms with Crippen LogP contribution in [0.2, 0.25) is 0 Å². The predicted octanol–water partition coefficient (Wildman–Crippen LogP) is 3.04. The van der Waals surface area contributed by atoms with Gasteiger partial charge >= 0.3 is 6.18 Å². The van der Waals surface area contributed by atoms with Gasteiger partial charge in [0.25, 0.3) is 0 Å². The Bertz CT molecular complexity index is 892. The van der Waals surface area contributed by atoms with Gasteiger partial charge in [-0.2, -0.15) is 18.3 Å². The molecule has 3 rings (SSSR count). The standard InChI is InChI=1S/C19H21F3N4O2/c1-12-23-13(2)26(24-12)11-17(27)25-8-4-6-15(10-25)18(28)14-5-3-7-16(9-14)19(20,21)22/h3,5,7,9,15H,4,6,8,10-11H2,1-2H3. The second kappa shape index (κ2) is 7.73. The number of carbonyl (C=O) groups excluding carboxylic acids is 2. The van der Waals surface area contributed by atoms with Gasteiger partial charge in [0.15, 0.2) is 5.78 Å². The number of amides is 1. The lowest BCUT2D eigenvalue weighted by atomic mass is 9.89. The van der Waals surface area contributed by atoms with E-state index in [4.69, 9.17) is 0 Å². The van der Waals surface area contributed by atoms with Crippen molar-refractivity contribution < 1.29 is 22.8 Å². The summed E-state index contributed by atoms with van der Waals surface area (Å²) < 4.78 is 40.2. The third kappa shape index (κ3) is 4.40. The molecule has 1 saturated heterocycles. The highest BCUT2D eigenvalue weighted by Crippen LogP contribution is 2.30. The summed E-state index contributed by atoms with van der Waals surface area (Å²) in [6.07, 6.45) is -3.34. The maximum Gasteiger partial charge on any atom is 0.416 e. The SMILES string of the molecule is Cc1nc(C)n(CC(=O)N2CCCC(C(=O)c3cccc(C(F)(F)F)c3)C2)n1. The molecule has 1 aliphatic heterocycles. The van der Waals surface area contributed by atoms with E-state index in [-0.39, 0.29) is 30.3 Å². The van der Waals surface area contributed by atoms with Gasteiger partial charge in [0, 0.05) is 24.6 Å². The number of aryl methyl sites for hydroxylation is 2. The van der Waals surface area contributed by atoms with Crippen LogP contribution in [-0.4, -0.2) is 44.4 Å². The average molecular weight is 394 g/mol. The summed E-state index contributed by atoms with van der Waals surface area (Å²) in [6, 6.07) is 4.44. The van der Waals surface area contributed by atoms with Crippen molar-refractivity contribution in [1.82, 2.24) is 19.7 Å². The summed E-state index contributed by atoms with van der Waals surface area (Å²) in [5.74, 6) is 0.131. The largest absolute Gasteiger partial charge is 0.416 e. The molecule has 9 heteroatoms. The first-order valence-corrected chi connectivity index (χ1v) is 9.02. The summed E-state index contributed by atoms with van der Waals surface area (Å²) in [4.78, 5) is 31.1. The lowest BCUT2D eigenvalue weighted by Crippen LogP contribution is -2.44. The molecule has 1 fully saturated rings. The molecule has 0 radical (unpaired) electrons. The van der Waals surface area contributed by atoms with E-state index in [1.54, 1.807) is 18.7 Å². The number of alkyl halides is 3. The number of hydrogen-bond donors (Lipinski definition) is 0. The molecule has 1 aliphatic rings. The van der Waals surface area contributed by atoms with Crippen molar-refractivity contribution in [2.24, 2.45) is 5.92 Å². The molecule has 0 bridgehead atoms. The van der Waals surface area contributed by atoms with Gasteiger partial charge < -0.3 is 4.90 Å². The molecule has 28 heavy (non-hydrogen) atoms. The normalized spacial score (nSPS) is 17.6. The van der Waals surface area contributed by atoms with Crippen molar-refractivity contribution in [3.63, 3.8) is 0 Å². The molecular weight excluding hydrogens is 373 g/mol. The van der Waals surface area contributed by atoms with Gasteiger partial charge in [-0.15, -0.1) is 0 Å². The highest BCUT2D eigenvalue weighted by atomic mass is 19.4. The van der Waals surface area contributed by atoms with Crippen LogP contribution in [-0.2, 0) is 17.5 Å². The molecule has 1 unspecified atom stereocenters. The van der Waals surface area contributed by atoms with Gasteiger partial charge in [-0.25, -0.2) is 9.67 Å². The monoisotopic (exact) mass is 394 g/mol. The molecule has 1 aromatic carbocycles. The Morgan fingerprint density at radius 1 is 1.25 bits per heavy atom. The Labute approximate surface area is 160 Å². The second-order valence-corrected chi connectivity index (χ2v) is 6.99. The first-order valence-electron chi connectivity index (χ1n) is 9.02. The molecule has 0 saturated carbocycles. The molecule has 2 heterocycles. The second-order valence-electron chi connectivity index (χ2n) is 6.99. The summed E-state index contributed by atoms with van der Waals surface area (Å²) >= 11 is 0. The van der Waals surface area contributed by atoms with E-state index in [1.165, 1.54) is 16.8 Å². The molecule has 1 aromatic heterocycles. The zero-order valence-corrected chi connectivity index (χ0v) is 15.7. The number of Topliss-reactive ketones (excluding diaryl/α,β-unsaturated/α-hetero) is 1. The smallest absolute Gasteiger partial charge is 0.340 e. The fourth-order valence-corrected chi connectivity index (χ4v) is 3.44. The van der Waals surface area contributed by atoms with Crippen LogP contribution in [0, 0.1) is 19.8 Å². The van der Waals surface area contributed by atoms with Crippen molar-refractivity contribution in [3.8, 4) is 0 Å². The van der Waals surface area contributed by atoms with Crippen LogP contribution in [0.4, 0.5) is 13.2 Å². The highest BCUT2D eigenvalue weighted by molar-refractivity contribution is 5.98. The minimum absolute atomic E-state index is 0.0249. The summed E-state index contributed by atoms with van der Waals surface area (Å²) in [6.45, 7) is 4.22. The zero-order chi connectivity index (χ0) is 20.5. The lowest BCUT2D eigenvalue weighted by molar-refractivity contribution is -0.137. The summed E-state index contributed by atoms with van der Waals surface area (Å²) in [5.41, 5.74) is -0.823. The predicted molar refractivity (Wildman–Crippen MR) is 94.6 cm³/mol. The maximum absolute atomic E-state index is 12.9. The minimum atomic E-state index is -4.50. The first-order chi connectivity index (χ1) is 13.1. The van der Waals surface area contributed by atoms with Crippen LogP contribution in [0.5, 0.6) is 0 Å². The molecule has 0 N–H and O–H groups in total. The topological polar surface area (TPSA) is 68.1 Å². The molecule has 150 valence electrons. The van der Waals surface area contributed by atoms with Crippen LogP contribution in [0.25, 0.3) is 0 Å². The molecule has 6 nitrogen and oxygen atoms in total. The van der Waals surface area contributed by atoms with Crippen molar-refractivity contribution in [2.45, 2.75) is 39.4 Å². The van der Waals surface area contributed by atoms with Gasteiger partial charge in [-0.05, 0) is 38.8 Å². The molecule has 0 spiro atoms. The fourth-order valence-electron chi connectivity index (χ4n) is 3.44. The van der Waals surface area contributed by atoms with Crippen molar-refractivity contribution >= 4 is 11.7 Å². The molecule has 0 aliphatic carbocycles. The zero-order valence-electron chi connectivity index (χ0n) is 15.7. The third-order valence-corrected chi connectivity index (χ3v) is 4.87. The van der Waals surface area contributed by atoms with Crippen molar-refractivity contribution in [1.29, 1.82) is 0 Å². The van der Waals surface area contributed by atoms with Crippen LogP contribution in [0.3, 0.4) is 0 Å². The molecule has 2 aromatic rings. The highest BCUT2D eigenvalue weighted by Gasteiger charge is 2.33. The van der Waals surface area contributed by atoms with E-state index < -0.39 is 17.7 Å². The number of likely N-dealkylation sites (tertiary alicyclic amines) is 1. The number of halogens is 3. The Kier molecular flexibility index (Phi) is 5.53. The van der Waals surface area contributed by atoms with E-state index >= 15 is 0 Å². The van der Waals surface area contributed by atoms with E-state index in [2.05, 4.69) is 10.1 Å². The fraction of sp³-hybridized carbons (Fsp3) is 0.474. The maximum atomic E-state index is 12.9. The van der Waals surface area contributed by atoms with Crippen LogP contribution >= 0.6 is 0 Å². The summed E-state index contributed by atoms with van der Waals surface area (Å²) in [7, 11) is 0. The Balaban J connectivity index is 1.70. The number of carbonyl (C=O) groups is 2. The van der Waals surface area contributed by atoms with E-state index in [1.807, 2.05) is 0 Å². The van der Waals surface area contributed by atoms with Gasteiger partial charge in [-0.1, -0.05) is 12.1 Å². The van der Waals surface area contributed by atoms with Crippen molar-refractivity contribution in [3.05, 3.63) is 47.0 Å². The van der Waals surface area contributed by atoms with Gasteiger partial charge in [0.05, 0.1) is 5.56 Å². The summed E-state index contributed by atoms with van der Waals surface area (Å²) in [5, 5.41) is 4.16. The Hall–Kier alpha value is -2.71. The van der Waals surface area contributed by atoms with Crippen LogP contribution < -0.4 is 0 Å². The van der Waals surface area contributed by atoms with Gasteiger partial charge in [0.1, 0.15) is 18.2 Å². The first kappa shape index (κ1) is 20.0. The third-order valence-electron chi connectivity index (χ3n) is 4.87. The molecule has 1 amide bonds.